The minimum absolute atomic E-state index is 0.543. The van der Waals surface area contributed by atoms with Crippen molar-refractivity contribution in [1.29, 1.82) is 0 Å². The SMILES string of the molecule is Cc1cccc(NC(=S)NN(c2ccccc2)c2ccccc2)c1C. The number of thiocarbonyl (C=S) groups is 1. The third kappa shape index (κ3) is 4.17. The average Bonchev–Trinajstić information content (AvgIpc) is 2.65. The second kappa shape index (κ2) is 7.81. The van der Waals surface area contributed by atoms with Gasteiger partial charge in [-0.05, 0) is 67.5 Å². The van der Waals surface area contributed by atoms with Crippen LogP contribution in [0.4, 0.5) is 17.1 Å². The van der Waals surface area contributed by atoms with Crippen LogP contribution in [0, 0.1) is 13.8 Å². The van der Waals surface area contributed by atoms with E-state index in [1.807, 2.05) is 77.8 Å². The molecule has 0 radical (unpaired) electrons. The minimum atomic E-state index is 0.543. The summed E-state index contributed by atoms with van der Waals surface area (Å²) >= 11 is 5.55. The zero-order valence-electron chi connectivity index (χ0n) is 14.4. The Morgan fingerprint density at radius 1 is 0.760 bits per heavy atom. The van der Waals surface area contributed by atoms with Crippen molar-refractivity contribution in [1.82, 2.24) is 5.43 Å². The first kappa shape index (κ1) is 17.0. The van der Waals surface area contributed by atoms with Crippen LogP contribution >= 0.6 is 12.2 Å². The number of hydrogen-bond donors (Lipinski definition) is 2. The largest absolute Gasteiger partial charge is 0.331 e. The summed E-state index contributed by atoms with van der Waals surface area (Å²) in [6.45, 7) is 4.18. The molecule has 0 amide bonds. The lowest BCUT2D eigenvalue weighted by molar-refractivity contribution is 0.943. The van der Waals surface area contributed by atoms with Gasteiger partial charge in [-0.2, -0.15) is 0 Å². The molecule has 0 aliphatic heterocycles. The molecule has 0 aliphatic carbocycles. The molecule has 3 aromatic carbocycles. The Hall–Kier alpha value is -2.85. The predicted octanol–water partition coefficient (Wildman–Crippen LogP) is 5.34. The Labute approximate surface area is 154 Å². The number of hydrazine groups is 1. The van der Waals surface area contributed by atoms with E-state index in [-0.39, 0.29) is 0 Å². The summed E-state index contributed by atoms with van der Waals surface area (Å²) in [6, 6.07) is 26.4. The van der Waals surface area contributed by atoms with E-state index in [1.54, 1.807) is 0 Å². The van der Waals surface area contributed by atoms with Crippen LogP contribution in [0.1, 0.15) is 11.1 Å². The molecule has 3 aromatic rings. The predicted molar refractivity (Wildman–Crippen MR) is 110 cm³/mol. The van der Waals surface area contributed by atoms with Crippen LogP contribution in [0.5, 0.6) is 0 Å². The molecule has 25 heavy (non-hydrogen) atoms. The summed E-state index contributed by atoms with van der Waals surface area (Å²) in [5.74, 6) is 0. The number of hydrogen-bond acceptors (Lipinski definition) is 2. The highest BCUT2D eigenvalue weighted by molar-refractivity contribution is 7.80. The zero-order valence-corrected chi connectivity index (χ0v) is 15.2. The van der Waals surface area contributed by atoms with Gasteiger partial charge in [0.2, 0.25) is 0 Å². The van der Waals surface area contributed by atoms with Gasteiger partial charge in [-0.15, -0.1) is 0 Å². The van der Waals surface area contributed by atoms with Crippen molar-refractivity contribution in [3.8, 4) is 0 Å². The van der Waals surface area contributed by atoms with Crippen molar-refractivity contribution in [2.24, 2.45) is 0 Å². The van der Waals surface area contributed by atoms with Gasteiger partial charge in [0.25, 0.3) is 0 Å². The van der Waals surface area contributed by atoms with Gasteiger partial charge in [-0.3, -0.25) is 10.4 Å². The number of anilines is 3. The van der Waals surface area contributed by atoms with E-state index in [0.29, 0.717) is 5.11 Å². The highest BCUT2D eigenvalue weighted by Gasteiger charge is 2.11. The van der Waals surface area contributed by atoms with Crippen molar-refractivity contribution in [2.45, 2.75) is 13.8 Å². The molecule has 0 spiro atoms. The molecule has 0 fully saturated rings. The van der Waals surface area contributed by atoms with Crippen molar-refractivity contribution in [3.63, 3.8) is 0 Å². The average molecular weight is 347 g/mol. The summed E-state index contributed by atoms with van der Waals surface area (Å²) in [6.07, 6.45) is 0. The Balaban J connectivity index is 1.83. The molecule has 0 saturated carbocycles. The second-order valence-electron chi connectivity index (χ2n) is 5.82. The highest BCUT2D eigenvalue weighted by Crippen LogP contribution is 2.23. The summed E-state index contributed by atoms with van der Waals surface area (Å²) in [7, 11) is 0. The Kier molecular flexibility index (Phi) is 5.31. The van der Waals surface area contributed by atoms with Gasteiger partial charge in [0, 0.05) is 5.69 Å². The quantitative estimate of drug-likeness (QED) is 0.492. The van der Waals surface area contributed by atoms with Crippen LogP contribution in [0.25, 0.3) is 0 Å². The molecule has 2 N–H and O–H groups in total. The first-order valence-electron chi connectivity index (χ1n) is 8.19. The molecule has 0 aliphatic rings. The van der Waals surface area contributed by atoms with E-state index in [1.165, 1.54) is 11.1 Å². The maximum atomic E-state index is 5.55. The van der Waals surface area contributed by atoms with Gasteiger partial charge in [-0.1, -0.05) is 48.5 Å². The highest BCUT2D eigenvalue weighted by atomic mass is 32.1. The normalized spacial score (nSPS) is 10.2. The monoisotopic (exact) mass is 347 g/mol. The van der Waals surface area contributed by atoms with Gasteiger partial charge in [0.15, 0.2) is 5.11 Å². The lowest BCUT2D eigenvalue weighted by Crippen LogP contribution is -2.41. The van der Waals surface area contributed by atoms with Crippen molar-refractivity contribution >= 4 is 34.4 Å². The molecule has 4 heteroatoms. The lowest BCUT2D eigenvalue weighted by Gasteiger charge is -2.27. The van der Waals surface area contributed by atoms with Crippen LogP contribution in [-0.4, -0.2) is 5.11 Å². The number of benzene rings is 3. The molecule has 0 aromatic heterocycles. The Morgan fingerprint density at radius 2 is 1.32 bits per heavy atom. The summed E-state index contributed by atoms with van der Waals surface area (Å²) < 4.78 is 0. The Bertz CT molecular complexity index is 808. The third-order valence-corrected chi connectivity index (χ3v) is 4.29. The number of nitrogens with one attached hydrogen (secondary N) is 2. The number of para-hydroxylation sites is 2. The number of rotatable bonds is 4. The fraction of sp³-hybridized carbons (Fsp3) is 0.0952. The molecule has 3 nitrogen and oxygen atoms in total. The van der Waals surface area contributed by atoms with Gasteiger partial charge < -0.3 is 5.32 Å². The number of nitrogens with zero attached hydrogens (tertiary/aromatic N) is 1. The molecule has 0 heterocycles. The fourth-order valence-electron chi connectivity index (χ4n) is 2.57. The van der Waals surface area contributed by atoms with E-state index < -0.39 is 0 Å². The van der Waals surface area contributed by atoms with Gasteiger partial charge in [-0.25, -0.2) is 0 Å². The van der Waals surface area contributed by atoms with E-state index in [0.717, 1.165) is 17.1 Å². The van der Waals surface area contributed by atoms with Crippen molar-refractivity contribution < 1.29 is 0 Å². The van der Waals surface area contributed by atoms with Crippen LogP contribution in [0.3, 0.4) is 0 Å². The standard InChI is InChI=1S/C21H21N3S/c1-16-10-9-15-20(17(16)2)22-21(25)23-24(18-11-5-3-6-12-18)19-13-7-4-8-14-19/h3-15H,1-2H3,(H2,22,23,25). The maximum Gasteiger partial charge on any atom is 0.190 e. The minimum Gasteiger partial charge on any atom is -0.331 e. The van der Waals surface area contributed by atoms with E-state index in [2.05, 4.69) is 30.7 Å². The molecular formula is C21H21N3S. The summed E-state index contributed by atoms with van der Waals surface area (Å²) in [4.78, 5) is 0. The molecule has 0 unspecified atom stereocenters. The van der Waals surface area contributed by atoms with Crippen LogP contribution in [0.2, 0.25) is 0 Å². The third-order valence-electron chi connectivity index (χ3n) is 4.09. The van der Waals surface area contributed by atoms with Crippen molar-refractivity contribution in [3.05, 3.63) is 90.0 Å². The van der Waals surface area contributed by atoms with Crippen LogP contribution in [0.15, 0.2) is 78.9 Å². The first-order chi connectivity index (χ1) is 12.1. The van der Waals surface area contributed by atoms with Crippen molar-refractivity contribution in [2.75, 3.05) is 10.3 Å². The topological polar surface area (TPSA) is 27.3 Å². The van der Waals surface area contributed by atoms with Gasteiger partial charge in [0.1, 0.15) is 0 Å². The molecule has 3 rings (SSSR count). The summed E-state index contributed by atoms with van der Waals surface area (Å²) in [5, 5.41) is 5.82. The second-order valence-corrected chi connectivity index (χ2v) is 6.23. The Morgan fingerprint density at radius 3 is 1.88 bits per heavy atom. The smallest absolute Gasteiger partial charge is 0.190 e. The van der Waals surface area contributed by atoms with Gasteiger partial charge in [0.05, 0.1) is 11.4 Å². The summed E-state index contributed by atoms with van der Waals surface area (Å²) in [5.41, 5.74) is 8.76. The molecule has 0 bridgehead atoms. The molecule has 0 atom stereocenters. The maximum absolute atomic E-state index is 5.55. The molecule has 0 saturated heterocycles. The first-order valence-corrected chi connectivity index (χ1v) is 8.60. The zero-order chi connectivity index (χ0) is 17.6. The number of aryl methyl sites for hydroxylation is 1. The lowest BCUT2D eigenvalue weighted by atomic mass is 10.1. The molecule has 126 valence electrons. The van der Waals surface area contributed by atoms with Gasteiger partial charge >= 0.3 is 0 Å². The van der Waals surface area contributed by atoms with E-state index >= 15 is 0 Å². The molecular weight excluding hydrogens is 326 g/mol. The van der Waals surface area contributed by atoms with Crippen LogP contribution in [-0.2, 0) is 0 Å². The fourth-order valence-corrected chi connectivity index (χ4v) is 2.77. The van der Waals surface area contributed by atoms with E-state index in [9.17, 15) is 0 Å². The van der Waals surface area contributed by atoms with Crippen LogP contribution < -0.4 is 15.8 Å². The van der Waals surface area contributed by atoms with E-state index in [4.69, 9.17) is 12.2 Å².